The quantitative estimate of drug-likeness (QED) is 0.750. The van der Waals surface area contributed by atoms with Gasteiger partial charge in [0.25, 0.3) is 0 Å². The van der Waals surface area contributed by atoms with Crippen LogP contribution in [0, 0.1) is 18.3 Å². The molecule has 1 heterocycles. The molecule has 0 saturated carbocycles. The second-order valence-electron chi connectivity index (χ2n) is 4.73. The number of benzene rings is 1. The second kappa shape index (κ2) is 7.83. The molecule has 7 heteroatoms. The molecule has 0 bridgehead atoms. The third-order valence-electron chi connectivity index (χ3n) is 3.10. The summed E-state index contributed by atoms with van der Waals surface area (Å²) in [4.78, 5) is 23.2. The first-order valence-corrected chi connectivity index (χ1v) is 7.00. The van der Waals surface area contributed by atoms with Gasteiger partial charge >= 0.3 is 11.9 Å². The number of methoxy groups -OCH3 is 1. The van der Waals surface area contributed by atoms with E-state index < -0.39 is 11.9 Å². The molecule has 0 aliphatic carbocycles. The van der Waals surface area contributed by atoms with Crippen LogP contribution in [-0.2, 0) is 20.9 Å². The van der Waals surface area contributed by atoms with E-state index in [1.807, 2.05) is 6.07 Å². The topological polar surface area (TPSA) is 98.8 Å². The monoisotopic (exact) mass is 329 g/mol. The van der Waals surface area contributed by atoms with Crippen molar-refractivity contribution in [3.8, 4) is 11.8 Å². The summed E-state index contributed by atoms with van der Waals surface area (Å²) in [7, 11) is 1.27. The van der Waals surface area contributed by atoms with Crippen LogP contribution in [-0.4, -0.2) is 25.7 Å². The van der Waals surface area contributed by atoms with E-state index in [2.05, 4.69) is 4.74 Å². The van der Waals surface area contributed by atoms with Gasteiger partial charge < -0.3 is 18.6 Å². The summed E-state index contributed by atoms with van der Waals surface area (Å²) in [6.45, 7) is 1.13. The lowest BCUT2D eigenvalue weighted by atomic mass is 10.2. The maximum absolute atomic E-state index is 11.7. The fourth-order valence-electron chi connectivity index (χ4n) is 1.94. The van der Waals surface area contributed by atoms with E-state index in [9.17, 15) is 9.59 Å². The molecule has 2 aromatic rings. The highest BCUT2D eigenvalue weighted by Crippen LogP contribution is 2.18. The first-order chi connectivity index (χ1) is 11.5. The molecule has 2 rings (SSSR count). The number of hydrogen-bond donors (Lipinski definition) is 0. The molecule has 124 valence electrons. The summed E-state index contributed by atoms with van der Waals surface area (Å²) >= 11 is 0. The lowest BCUT2D eigenvalue weighted by molar-refractivity contribution is -0.147. The van der Waals surface area contributed by atoms with Crippen molar-refractivity contribution in [3.05, 3.63) is 53.0 Å². The molecule has 0 aliphatic heterocycles. The van der Waals surface area contributed by atoms with Crippen molar-refractivity contribution in [2.45, 2.75) is 13.5 Å². The van der Waals surface area contributed by atoms with Crippen LogP contribution in [0.3, 0.4) is 0 Å². The maximum Gasteiger partial charge on any atom is 0.344 e. The van der Waals surface area contributed by atoms with Crippen LogP contribution in [0.25, 0.3) is 0 Å². The molecule has 1 aromatic carbocycles. The Hall–Kier alpha value is -3.27. The highest BCUT2D eigenvalue weighted by Gasteiger charge is 2.16. The van der Waals surface area contributed by atoms with Gasteiger partial charge in [0.2, 0.25) is 0 Å². The zero-order chi connectivity index (χ0) is 17.5. The highest BCUT2D eigenvalue weighted by atomic mass is 16.6. The van der Waals surface area contributed by atoms with Gasteiger partial charge in [0.15, 0.2) is 6.61 Å². The summed E-state index contributed by atoms with van der Waals surface area (Å²) in [6.07, 6.45) is 0. The predicted octanol–water partition coefficient (Wildman–Crippen LogP) is 2.37. The second-order valence-corrected chi connectivity index (χ2v) is 4.73. The minimum Gasteiger partial charge on any atom is -0.481 e. The minimum absolute atomic E-state index is 0.139. The van der Waals surface area contributed by atoms with E-state index in [4.69, 9.17) is 19.2 Å². The standard InChI is InChI=1S/C17H15NO6/c1-11-14(17(20)21-2)7-13(24-11)9-23-16(19)10-22-15-6-4-3-5-12(15)8-18/h3-7H,9-10H2,1-2H3. The fourth-order valence-corrected chi connectivity index (χ4v) is 1.94. The molecule has 0 saturated heterocycles. The van der Waals surface area contributed by atoms with Crippen molar-refractivity contribution in [1.82, 2.24) is 0 Å². The van der Waals surface area contributed by atoms with Gasteiger partial charge in [-0.25, -0.2) is 9.59 Å². The van der Waals surface area contributed by atoms with Crippen LogP contribution in [0.2, 0.25) is 0 Å². The summed E-state index contributed by atoms with van der Waals surface area (Å²) in [5.41, 5.74) is 0.609. The fraction of sp³-hybridized carbons (Fsp3) is 0.235. The largest absolute Gasteiger partial charge is 0.481 e. The molecule has 0 aliphatic rings. The number of hydrogen-bond acceptors (Lipinski definition) is 7. The van der Waals surface area contributed by atoms with Crippen molar-refractivity contribution >= 4 is 11.9 Å². The first-order valence-electron chi connectivity index (χ1n) is 7.00. The van der Waals surface area contributed by atoms with E-state index in [0.29, 0.717) is 22.8 Å². The maximum atomic E-state index is 11.7. The smallest absolute Gasteiger partial charge is 0.344 e. The van der Waals surface area contributed by atoms with Crippen LogP contribution < -0.4 is 4.74 Å². The zero-order valence-electron chi connectivity index (χ0n) is 13.2. The van der Waals surface area contributed by atoms with Gasteiger partial charge in [-0.05, 0) is 25.1 Å². The number of nitrogens with zero attached hydrogens (tertiary/aromatic N) is 1. The Kier molecular flexibility index (Phi) is 5.58. The number of furan rings is 1. The predicted molar refractivity (Wildman–Crippen MR) is 81.2 cm³/mol. The van der Waals surface area contributed by atoms with Crippen molar-refractivity contribution in [2.75, 3.05) is 13.7 Å². The molecule has 7 nitrogen and oxygen atoms in total. The van der Waals surface area contributed by atoms with Gasteiger partial charge in [0.1, 0.15) is 35.5 Å². The molecule has 0 unspecified atom stereocenters. The van der Waals surface area contributed by atoms with Crippen molar-refractivity contribution in [3.63, 3.8) is 0 Å². The number of aryl methyl sites for hydroxylation is 1. The summed E-state index contributed by atoms with van der Waals surface area (Å²) in [5.74, 6) is -0.147. The van der Waals surface area contributed by atoms with E-state index >= 15 is 0 Å². The van der Waals surface area contributed by atoms with Gasteiger partial charge in [-0.1, -0.05) is 12.1 Å². The number of rotatable bonds is 6. The Morgan fingerprint density at radius 1 is 1.29 bits per heavy atom. The average Bonchev–Trinajstić information content (AvgIpc) is 2.98. The zero-order valence-corrected chi connectivity index (χ0v) is 13.2. The lowest BCUT2D eigenvalue weighted by Gasteiger charge is -2.07. The van der Waals surface area contributed by atoms with Gasteiger partial charge in [-0.2, -0.15) is 5.26 Å². The molecular formula is C17H15NO6. The molecule has 0 amide bonds. The molecule has 0 spiro atoms. The molecule has 0 N–H and O–H groups in total. The van der Waals surface area contributed by atoms with E-state index in [0.717, 1.165) is 0 Å². The average molecular weight is 329 g/mol. The van der Waals surface area contributed by atoms with Gasteiger partial charge in [-0.15, -0.1) is 0 Å². The van der Waals surface area contributed by atoms with Crippen LogP contribution in [0.1, 0.15) is 27.4 Å². The van der Waals surface area contributed by atoms with Crippen LogP contribution in [0.5, 0.6) is 5.75 Å². The summed E-state index contributed by atoms with van der Waals surface area (Å²) in [6, 6.07) is 9.99. The third kappa shape index (κ3) is 4.14. The lowest BCUT2D eigenvalue weighted by Crippen LogP contribution is -2.15. The van der Waals surface area contributed by atoms with Crippen LogP contribution >= 0.6 is 0 Å². The van der Waals surface area contributed by atoms with Crippen LogP contribution in [0.4, 0.5) is 0 Å². The molecule has 24 heavy (non-hydrogen) atoms. The Labute approximate surface area is 138 Å². The normalized spacial score (nSPS) is 9.88. The molecule has 0 radical (unpaired) electrons. The van der Waals surface area contributed by atoms with Gasteiger partial charge in [0, 0.05) is 0 Å². The first kappa shape index (κ1) is 17.1. The molecule has 1 aromatic heterocycles. The number of carbonyl (C=O) groups excluding carboxylic acids is 2. The van der Waals surface area contributed by atoms with Crippen molar-refractivity contribution < 1.29 is 28.2 Å². The van der Waals surface area contributed by atoms with Gasteiger partial charge in [-0.3, -0.25) is 0 Å². The number of carbonyl (C=O) groups is 2. The Morgan fingerprint density at radius 3 is 2.75 bits per heavy atom. The Balaban J connectivity index is 1.88. The minimum atomic E-state index is -0.628. The highest BCUT2D eigenvalue weighted by molar-refractivity contribution is 5.90. The summed E-state index contributed by atoms with van der Waals surface area (Å²) < 4.78 is 20.2. The van der Waals surface area contributed by atoms with Gasteiger partial charge in [0.05, 0.1) is 12.7 Å². The Morgan fingerprint density at radius 2 is 2.04 bits per heavy atom. The number of esters is 2. The number of ether oxygens (including phenoxy) is 3. The molecule has 0 atom stereocenters. The number of para-hydroxylation sites is 1. The van der Waals surface area contributed by atoms with Crippen molar-refractivity contribution in [1.29, 1.82) is 5.26 Å². The van der Waals surface area contributed by atoms with E-state index in [1.165, 1.54) is 13.2 Å². The van der Waals surface area contributed by atoms with E-state index in [1.54, 1.807) is 31.2 Å². The third-order valence-corrected chi connectivity index (χ3v) is 3.10. The van der Waals surface area contributed by atoms with E-state index in [-0.39, 0.29) is 18.8 Å². The number of nitriles is 1. The molecular weight excluding hydrogens is 314 g/mol. The SMILES string of the molecule is COC(=O)c1cc(COC(=O)COc2ccccc2C#N)oc1C. The summed E-state index contributed by atoms with van der Waals surface area (Å²) in [5, 5.41) is 8.93. The molecule has 0 fully saturated rings. The Bertz CT molecular complexity index is 787. The van der Waals surface area contributed by atoms with Crippen molar-refractivity contribution in [2.24, 2.45) is 0 Å². The van der Waals surface area contributed by atoms with Crippen LogP contribution in [0.15, 0.2) is 34.7 Å².